The monoisotopic (exact) mass is 427 g/mol. The van der Waals surface area contributed by atoms with E-state index in [-0.39, 0.29) is 11.4 Å². The van der Waals surface area contributed by atoms with Crippen molar-refractivity contribution in [2.24, 2.45) is 0 Å². The van der Waals surface area contributed by atoms with Gasteiger partial charge in [0, 0.05) is 12.7 Å². The number of hydrogen-bond donors (Lipinski definition) is 1. The number of rotatable bonds is 8. The highest BCUT2D eigenvalue weighted by atomic mass is 32.2. The molecule has 8 heteroatoms. The summed E-state index contributed by atoms with van der Waals surface area (Å²) in [5, 5.41) is 10.4. The SMILES string of the molecule is CCCCN(/C=C/[C@](O)(c1ccccc1)C(F)(F)F)S(=O)(=O)c1ccc(C)cc1. The molecule has 0 unspecified atom stereocenters. The zero-order valence-corrected chi connectivity index (χ0v) is 17.0. The Kier molecular flexibility index (Phi) is 7.13. The van der Waals surface area contributed by atoms with Crippen molar-refractivity contribution < 1.29 is 26.7 Å². The third kappa shape index (κ3) is 5.19. The van der Waals surface area contributed by atoms with Crippen LogP contribution in [0.4, 0.5) is 13.2 Å². The molecule has 0 aliphatic rings. The van der Waals surface area contributed by atoms with E-state index in [4.69, 9.17) is 0 Å². The van der Waals surface area contributed by atoms with Gasteiger partial charge in [-0.15, -0.1) is 0 Å². The van der Waals surface area contributed by atoms with Crippen LogP contribution in [0, 0.1) is 6.92 Å². The summed E-state index contributed by atoms with van der Waals surface area (Å²) in [4.78, 5) is -0.0286. The maximum Gasteiger partial charge on any atom is 0.425 e. The van der Waals surface area contributed by atoms with Crippen molar-refractivity contribution in [1.29, 1.82) is 0 Å². The van der Waals surface area contributed by atoms with E-state index in [2.05, 4.69) is 0 Å². The fourth-order valence-corrected chi connectivity index (χ4v) is 4.01. The molecule has 0 aliphatic carbocycles. The van der Waals surface area contributed by atoms with Gasteiger partial charge >= 0.3 is 6.18 Å². The van der Waals surface area contributed by atoms with Gasteiger partial charge in [0.25, 0.3) is 10.0 Å². The molecule has 0 bridgehead atoms. The largest absolute Gasteiger partial charge is 0.425 e. The van der Waals surface area contributed by atoms with Crippen molar-refractivity contribution in [3.05, 3.63) is 78.0 Å². The molecule has 0 spiro atoms. The van der Waals surface area contributed by atoms with Gasteiger partial charge in [0.1, 0.15) is 0 Å². The molecule has 2 aromatic carbocycles. The number of hydrogen-bond acceptors (Lipinski definition) is 3. The summed E-state index contributed by atoms with van der Waals surface area (Å²) in [5.41, 5.74) is -2.86. The van der Waals surface area contributed by atoms with E-state index >= 15 is 0 Å². The zero-order valence-electron chi connectivity index (χ0n) is 16.2. The normalized spacial score (nSPS) is 14.7. The Hall–Kier alpha value is -2.32. The molecule has 0 fully saturated rings. The minimum absolute atomic E-state index is 0.00800. The highest BCUT2D eigenvalue weighted by Gasteiger charge is 2.53. The smallest absolute Gasteiger partial charge is 0.373 e. The Labute approximate surface area is 169 Å². The van der Waals surface area contributed by atoms with Gasteiger partial charge in [0.05, 0.1) is 4.90 Å². The first-order valence-corrected chi connectivity index (χ1v) is 10.6. The molecule has 4 nitrogen and oxygen atoms in total. The van der Waals surface area contributed by atoms with Crippen LogP contribution in [0.2, 0.25) is 0 Å². The molecule has 0 saturated carbocycles. The average molecular weight is 427 g/mol. The van der Waals surface area contributed by atoms with Crippen molar-refractivity contribution in [2.75, 3.05) is 6.54 Å². The first-order chi connectivity index (χ1) is 13.5. The molecular formula is C21H24F3NO3S. The van der Waals surface area contributed by atoms with Crippen LogP contribution in [-0.2, 0) is 15.6 Å². The fourth-order valence-electron chi connectivity index (χ4n) is 2.67. The quantitative estimate of drug-likeness (QED) is 0.662. The number of alkyl halides is 3. The first kappa shape index (κ1) is 23.0. The van der Waals surface area contributed by atoms with Crippen LogP contribution < -0.4 is 0 Å². The Morgan fingerprint density at radius 3 is 2.14 bits per heavy atom. The zero-order chi connectivity index (χ0) is 21.7. The lowest BCUT2D eigenvalue weighted by molar-refractivity contribution is -0.245. The molecule has 158 valence electrons. The second-order valence-electron chi connectivity index (χ2n) is 6.73. The summed E-state index contributed by atoms with van der Waals surface area (Å²) in [6.07, 6.45) is -2.63. The van der Waals surface area contributed by atoms with Crippen molar-refractivity contribution in [2.45, 2.75) is 43.4 Å². The van der Waals surface area contributed by atoms with Crippen LogP contribution >= 0.6 is 0 Å². The summed E-state index contributed by atoms with van der Waals surface area (Å²) < 4.78 is 67.8. The highest BCUT2D eigenvalue weighted by molar-refractivity contribution is 7.89. The number of nitrogens with zero attached hydrogens (tertiary/aromatic N) is 1. The lowest BCUT2D eigenvalue weighted by atomic mass is 9.93. The minimum Gasteiger partial charge on any atom is -0.373 e. The van der Waals surface area contributed by atoms with E-state index < -0.39 is 27.4 Å². The molecule has 2 aromatic rings. The lowest BCUT2D eigenvalue weighted by Crippen LogP contribution is -2.41. The molecule has 0 heterocycles. The maximum absolute atomic E-state index is 13.7. The first-order valence-electron chi connectivity index (χ1n) is 9.15. The number of aliphatic hydroxyl groups is 1. The summed E-state index contributed by atoms with van der Waals surface area (Å²) in [7, 11) is -4.07. The summed E-state index contributed by atoms with van der Waals surface area (Å²) in [5.74, 6) is 0. The number of sulfonamides is 1. The Morgan fingerprint density at radius 2 is 1.62 bits per heavy atom. The van der Waals surface area contributed by atoms with Crippen LogP contribution in [0.1, 0.15) is 30.9 Å². The molecule has 1 atom stereocenters. The van der Waals surface area contributed by atoms with Crippen molar-refractivity contribution in [3.63, 3.8) is 0 Å². The lowest BCUT2D eigenvalue weighted by Gasteiger charge is -2.29. The molecule has 2 rings (SSSR count). The van der Waals surface area contributed by atoms with Crippen molar-refractivity contribution in [3.8, 4) is 0 Å². The Morgan fingerprint density at radius 1 is 1.03 bits per heavy atom. The topological polar surface area (TPSA) is 57.6 Å². The summed E-state index contributed by atoms with van der Waals surface area (Å²) in [6, 6.07) is 12.6. The van der Waals surface area contributed by atoms with E-state index in [0.29, 0.717) is 18.9 Å². The Balaban J connectivity index is 2.49. The number of aryl methyl sites for hydroxylation is 1. The second kappa shape index (κ2) is 9.00. The Bertz CT molecular complexity index is 926. The van der Waals surface area contributed by atoms with Crippen molar-refractivity contribution >= 4 is 10.0 Å². The van der Waals surface area contributed by atoms with Gasteiger partial charge in [-0.1, -0.05) is 61.4 Å². The summed E-state index contributed by atoms with van der Waals surface area (Å²) in [6.45, 7) is 3.64. The van der Waals surface area contributed by atoms with Gasteiger partial charge in [-0.25, -0.2) is 8.42 Å². The predicted octanol–water partition coefficient (Wildman–Crippen LogP) is 4.75. The third-order valence-corrected chi connectivity index (χ3v) is 6.28. The van der Waals surface area contributed by atoms with E-state index in [1.165, 1.54) is 30.3 Å². The molecule has 29 heavy (non-hydrogen) atoms. The van der Waals surface area contributed by atoms with Crippen LogP contribution in [0.15, 0.2) is 71.8 Å². The van der Waals surface area contributed by atoms with Gasteiger partial charge in [-0.2, -0.15) is 13.2 Å². The van der Waals surface area contributed by atoms with Crippen LogP contribution in [0.3, 0.4) is 0 Å². The molecular weight excluding hydrogens is 403 g/mol. The van der Waals surface area contributed by atoms with Gasteiger partial charge in [0.2, 0.25) is 5.60 Å². The van der Waals surface area contributed by atoms with Crippen LogP contribution in [0.5, 0.6) is 0 Å². The second-order valence-corrected chi connectivity index (χ2v) is 8.62. The van der Waals surface area contributed by atoms with Gasteiger partial charge in [-0.3, -0.25) is 4.31 Å². The standard InChI is InChI=1S/C21H24F3NO3S/c1-3-4-15-25(29(27,28)19-12-10-17(2)11-13-19)16-14-20(26,21(22,23)24)18-8-6-5-7-9-18/h5-14,16,26H,3-4,15H2,1-2H3/b16-14+/t20-/m0/s1. The third-order valence-electron chi connectivity index (χ3n) is 4.49. The summed E-state index contributed by atoms with van der Waals surface area (Å²) >= 11 is 0. The molecule has 0 amide bonds. The van der Waals surface area contributed by atoms with Crippen LogP contribution in [-0.4, -0.2) is 30.6 Å². The average Bonchev–Trinajstić information content (AvgIpc) is 2.67. The molecule has 1 N–H and O–H groups in total. The van der Waals surface area contributed by atoms with E-state index in [0.717, 1.165) is 28.2 Å². The number of benzene rings is 2. The van der Waals surface area contributed by atoms with Crippen LogP contribution in [0.25, 0.3) is 0 Å². The number of halogens is 3. The van der Waals surface area contributed by atoms with E-state index in [9.17, 15) is 26.7 Å². The fraction of sp³-hybridized carbons (Fsp3) is 0.333. The van der Waals surface area contributed by atoms with Gasteiger partial charge < -0.3 is 5.11 Å². The molecule has 0 radical (unpaired) electrons. The molecule has 0 aliphatic heterocycles. The predicted molar refractivity (Wildman–Crippen MR) is 106 cm³/mol. The van der Waals surface area contributed by atoms with E-state index in [1.807, 2.05) is 6.92 Å². The maximum atomic E-state index is 13.7. The van der Waals surface area contributed by atoms with Crippen molar-refractivity contribution in [1.82, 2.24) is 4.31 Å². The van der Waals surface area contributed by atoms with Gasteiger partial charge in [-0.05, 0) is 37.1 Å². The molecule has 0 aromatic heterocycles. The van der Waals surface area contributed by atoms with E-state index in [1.54, 1.807) is 19.1 Å². The minimum atomic E-state index is -5.03. The molecule has 0 saturated heterocycles. The highest BCUT2D eigenvalue weighted by Crippen LogP contribution is 2.40. The van der Waals surface area contributed by atoms with Gasteiger partial charge in [0.15, 0.2) is 0 Å². The number of unbranched alkanes of at least 4 members (excludes halogenated alkanes) is 1.